The molecule has 1 aromatic carbocycles. The molecule has 4 unspecified atom stereocenters. The summed E-state index contributed by atoms with van der Waals surface area (Å²) >= 11 is 3.57. The lowest BCUT2D eigenvalue weighted by Gasteiger charge is -2.12. The Morgan fingerprint density at radius 2 is 1.70 bits per heavy atom. The van der Waals surface area contributed by atoms with Crippen molar-refractivity contribution in [1.82, 2.24) is 0 Å². The molecule has 3 aliphatic carbocycles. The second kappa shape index (κ2) is 4.33. The number of benzene rings is 1. The number of nitrogens with one attached hydrogen (secondary N) is 1. The summed E-state index contributed by atoms with van der Waals surface area (Å²) in [4.78, 5) is 12.5. The van der Waals surface area contributed by atoms with Gasteiger partial charge in [-0.05, 0) is 80.0 Å². The first-order valence-corrected chi connectivity index (χ1v) is 8.43. The summed E-state index contributed by atoms with van der Waals surface area (Å²) in [6.45, 7) is 4.14. The van der Waals surface area contributed by atoms with Gasteiger partial charge in [0.2, 0.25) is 5.91 Å². The molecule has 4 rings (SSSR count). The molecule has 4 atom stereocenters. The predicted molar refractivity (Wildman–Crippen MR) is 83.5 cm³/mol. The quantitative estimate of drug-likeness (QED) is 0.859. The first kappa shape index (κ1) is 12.9. The van der Waals surface area contributed by atoms with Gasteiger partial charge in [-0.1, -0.05) is 15.9 Å². The zero-order valence-corrected chi connectivity index (χ0v) is 13.5. The van der Waals surface area contributed by atoms with Crippen molar-refractivity contribution >= 4 is 27.5 Å². The highest BCUT2D eigenvalue weighted by Crippen LogP contribution is 2.69. The number of carbonyl (C=O) groups excluding carboxylic acids is 1. The van der Waals surface area contributed by atoms with Crippen molar-refractivity contribution in [2.75, 3.05) is 5.32 Å². The van der Waals surface area contributed by atoms with Crippen LogP contribution in [0.5, 0.6) is 0 Å². The van der Waals surface area contributed by atoms with Crippen LogP contribution < -0.4 is 5.32 Å². The van der Waals surface area contributed by atoms with Crippen molar-refractivity contribution in [3.63, 3.8) is 0 Å². The Balaban J connectivity index is 1.49. The van der Waals surface area contributed by atoms with E-state index in [0.29, 0.717) is 17.8 Å². The van der Waals surface area contributed by atoms with Crippen molar-refractivity contribution in [2.45, 2.75) is 33.1 Å². The van der Waals surface area contributed by atoms with E-state index in [0.717, 1.165) is 22.0 Å². The molecule has 20 heavy (non-hydrogen) atoms. The number of aryl methyl sites for hydroxylation is 2. The smallest absolute Gasteiger partial charge is 0.228 e. The fourth-order valence-corrected chi connectivity index (χ4v) is 5.15. The largest absolute Gasteiger partial charge is 0.326 e. The number of hydrogen-bond donors (Lipinski definition) is 1. The highest BCUT2D eigenvalue weighted by atomic mass is 79.9. The molecule has 3 saturated carbocycles. The van der Waals surface area contributed by atoms with Gasteiger partial charge in [0.1, 0.15) is 0 Å². The second-order valence-electron chi connectivity index (χ2n) is 6.93. The van der Waals surface area contributed by atoms with Crippen LogP contribution in [0, 0.1) is 43.4 Å². The van der Waals surface area contributed by atoms with E-state index >= 15 is 0 Å². The molecule has 1 aromatic rings. The minimum Gasteiger partial charge on any atom is -0.326 e. The van der Waals surface area contributed by atoms with E-state index in [1.807, 2.05) is 0 Å². The normalized spacial score (nSPS) is 36.9. The van der Waals surface area contributed by atoms with Crippen LogP contribution in [0.4, 0.5) is 5.69 Å². The highest BCUT2D eigenvalue weighted by molar-refractivity contribution is 9.10. The number of anilines is 1. The number of halogens is 1. The summed E-state index contributed by atoms with van der Waals surface area (Å²) in [5, 5.41) is 3.15. The summed E-state index contributed by atoms with van der Waals surface area (Å²) in [7, 11) is 0. The van der Waals surface area contributed by atoms with Gasteiger partial charge in [-0.3, -0.25) is 4.79 Å². The van der Waals surface area contributed by atoms with Gasteiger partial charge in [-0.15, -0.1) is 0 Å². The predicted octanol–water partition coefficient (Wildman–Crippen LogP) is 4.30. The van der Waals surface area contributed by atoms with Gasteiger partial charge < -0.3 is 5.32 Å². The standard InChI is InChI=1S/C17H20BrNO/c1-8-5-12(6-9(2)16(8)18)19-17(20)15-13-10-3-4-11(7-10)14(13)15/h5-6,10-11,13-15H,3-4,7H2,1-2H3,(H,19,20). The van der Waals surface area contributed by atoms with Crippen molar-refractivity contribution in [3.05, 3.63) is 27.7 Å². The number of carbonyl (C=O) groups is 1. The van der Waals surface area contributed by atoms with Crippen molar-refractivity contribution in [1.29, 1.82) is 0 Å². The average Bonchev–Trinajstić information content (AvgIpc) is 2.85. The highest BCUT2D eigenvalue weighted by Gasteiger charge is 2.67. The van der Waals surface area contributed by atoms with Crippen molar-refractivity contribution < 1.29 is 4.79 Å². The Morgan fingerprint density at radius 1 is 1.15 bits per heavy atom. The molecule has 1 N–H and O–H groups in total. The van der Waals surface area contributed by atoms with E-state index in [-0.39, 0.29) is 5.91 Å². The van der Waals surface area contributed by atoms with E-state index in [1.165, 1.54) is 30.4 Å². The minimum atomic E-state index is 0.262. The molecule has 106 valence electrons. The van der Waals surface area contributed by atoms with E-state index in [2.05, 4.69) is 47.2 Å². The van der Waals surface area contributed by atoms with Crippen LogP contribution in [0.25, 0.3) is 0 Å². The lowest BCUT2D eigenvalue weighted by atomic mass is 10.0. The first-order chi connectivity index (χ1) is 9.56. The van der Waals surface area contributed by atoms with E-state index in [9.17, 15) is 4.79 Å². The zero-order chi connectivity index (χ0) is 14.0. The number of hydrogen-bond acceptors (Lipinski definition) is 1. The van der Waals surface area contributed by atoms with Gasteiger partial charge >= 0.3 is 0 Å². The SMILES string of the molecule is Cc1cc(NC(=O)C2C3C4CCC(C4)C23)cc(C)c1Br. The molecule has 0 aliphatic heterocycles. The van der Waals surface area contributed by atoms with E-state index in [1.54, 1.807) is 0 Å². The van der Waals surface area contributed by atoms with E-state index in [4.69, 9.17) is 0 Å². The van der Waals surface area contributed by atoms with Crippen molar-refractivity contribution in [2.24, 2.45) is 29.6 Å². The lowest BCUT2D eigenvalue weighted by Crippen LogP contribution is -2.18. The van der Waals surface area contributed by atoms with Gasteiger partial charge in [-0.25, -0.2) is 0 Å². The maximum absolute atomic E-state index is 12.5. The number of fused-ring (bicyclic) bond motifs is 5. The molecule has 0 spiro atoms. The first-order valence-electron chi connectivity index (χ1n) is 7.64. The van der Waals surface area contributed by atoms with Crippen LogP contribution in [-0.4, -0.2) is 5.91 Å². The molecule has 2 nitrogen and oxygen atoms in total. The molecular weight excluding hydrogens is 314 g/mol. The van der Waals surface area contributed by atoms with Gasteiger partial charge in [0.25, 0.3) is 0 Å². The lowest BCUT2D eigenvalue weighted by molar-refractivity contribution is -0.118. The maximum Gasteiger partial charge on any atom is 0.228 e. The fourth-order valence-electron chi connectivity index (χ4n) is 4.92. The van der Waals surface area contributed by atoms with Crippen LogP contribution in [0.15, 0.2) is 16.6 Å². The second-order valence-corrected chi connectivity index (χ2v) is 7.72. The number of rotatable bonds is 2. The third-order valence-corrected chi connectivity index (χ3v) is 6.99. The summed E-state index contributed by atoms with van der Waals surface area (Å²) in [5.74, 6) is 3.71. The Bertz CT molecular complexity index is 558. The van der Waals surface area contributed by atoms with Crippen LogP contribution in [0.3, 0.4) is 0 Å². The molecule has 0 saturated heterocycles. The summed E-state index contributed by atoms with van der Waals surface area (Å²) in [5.41, 5.74) is 3.30. The number of amides is 1. The van der Waals surface area contributed by atoms with Gasteiger partial charge in [-0.2, -0.15) is 0 Å². The van der Waals surface area contributed by atoms with E-state index < -0.39 is 0 Å². The molecule has 0 heterocycles. The molecule has 3 aliphatic rings. The Kier molecular flexibility index (Phi) is 2.79. The zero-order valence-electron chi connectivity index (χ0n) is 11.9. The molecule has 2 bridgehead atoms. The maximum atomic E-state index is 12.5. The minimum absolute atomic E-state index is 0.262. The van der Waals surface area contributed by atoms with Crippen LogP contribution in [0.2, 0.25) is 0 Å². The Morgan fingerprint density at radius 3 is 2.25 bits per heavy atom. The topological polar surface area (TPSA) is 29.1 Å². The van der Waals surface area contributed by atoms with Crippen molar-refractivity contribution in [3.8, 4) is 0 Å². The van der Waals surface area contributed by atoms with Gasteiger partial charge in [0, 0.05) is 16.1 Å². The summed E-state index contributed by atoms with van der Waals surface area (Å²) < 4.78 is 1.14. The third kappa shape index (κ3) is 1.78. The molecule has 3 fully saturated rings. The molecule has 0 radical (unpaired) electrons. The van der Waals surface area contributed by atoms with Crippen LogP contribution in [-0.2, 0) is 4.79 Å². The third-order valence-electron chi connectivity index (χ3n) is 5.74. The molecular formula is C17H20BrNO. The summed E-state index contributed by atoms with van der Waals surface area (Å²) in [6, 6.07) is 4.11. The Labute approximate surface area is 128 Å². The fraction of sp³-hybridized carbons (Fsp3) is 0.588. The average molecular weight is 334 g/mol. The monoisotopic (exact) mass is 333 g/mol. The molecule has 1 amide bonds. The van der Waals surface area contributed by atoms with Gasteiger partial charge in [0.05, 0.1) is 0 Å². The molecule has 0 aromatic heterocycles. The Hall–Kier alpha value is -0.830. The van der Waals surface area contributed by atoms with Crippen LogP contribution in [0.1, 0.15) is 30.4 Å². The summed E-state index contributed by atoms with van der Waals surface area (Å²) in [6.07, 6.45) is 4.13. The molecule has 3 heteroatoms. The van der Waals surface area contributed by atoms with Crippen LogP contribution >= 0.6 is 15.9 Å². The van der Waals surface area contributed by atoms with Gasteiger partial charge in [0.15, 0.2) is 0 Å².